The van der Waals surface area contributed by atoms with Gasteiger partial charge in [0.05, 0.1) is 13.3 Å². The van der Waals surface area contributed by atoms with Crippen molar-refractivity contribution < 1.29 is 9.53 Å². The Morgan fingerprint density at radius 2 is 2.67 bits per heavy atom. The zero-order valence-electron chi connectivity index (χ0n) is 6.70. The molecule has 0 saturated carbocycles. The molecule has 0 aliphatic rings. The van der Waals surface area contributed by atoms with Crippen molar-refractivity contribution in [1.29, 1.82) is 0 Å². The molecule has 1 amide bonds. The van der Waals surface area contributed by atoms with Gasteiger partial charge in [-0.2, -0.15) is 0 Å². The number of nitrogens with one attached hydrogen (secondary N) is 1. The van der Waals surface area contributed by atoms with Crippen molar-refractivity contribution in [3.63, 3.8) is 0 Å². The summed E-state index contributed by atoms with van der Waals surface area (Å²) in [6.45, 7) is 0.389. The molecule has 4 heteroatoms. The quantitative estimate of drug-likeness (QED) is 0.703. The highest BCUT2D eigenvalue weighted by atomic mass is 16.5. The number of rotatable bonds is 2. The molecule has 0 bridgehead atoms. The van der Waals surface area contributed by atoms with E-state index < -0.39 is 6.09 Å². The van der Waals surface area contributed by atoms with E-state index in [0.717, 1.165) is 5.56 Å². The molecule has 1 N–H and O–H groups in total. The average Bonchev–Trinajstić information content (AvgIpc) is 2.16. The van der Waals surface area contributed by atoms with E-state index in [1.807, 2.05) is 6.07 Å². The zero-order chi connectivity index (χ0) is 8.81. The molecule has 12 heavy (non-hydrogen) atoms. The maximum atomic E-state index is 10.6. The average molecular weight is 165 g/mol. The molecule has 1 aromatic rings. The van der Waals surface area contributed by atoms with E-state index in [-0.39, 0.29) is 0 Å². The van der Waals surface area contributed by atoms with Gasteiger partial charge in [0.15, 0.2) is 0 Å². The molecule has 1 heterocycles. The van der Waals surface area contributed by atoms with E-state index in [1.165, 1.54) is 7.11 Å². The maximum Gasteiger partial charge on any atom is 0.407 e. The monoisotopic (exact) mass is 165 g/mol. The summed E-state index contributed by atoms with van der Waals surface area (Å²) in [5.41, 5.74) is 0.822. The normalized spacial score (nSPS) is 9.08. The number of pyridine rings is 1. The van der Waals surface area contributed by atoms with Gasteiger partial charge in [-0.15, -0.1) is 0 Å². The number of carbonyl (C=O) groups is 1. The third-order valence-corrected chi connectivity index (χ3v) is 1.27. The Morgan fingerprint density at radius 3 is 3.25 bits per heavy atom. The second-order valence-corrected chi connectivity index (χ2v) is 2.12. The smallest absolute Gasteiger partial charge is 0.407 e. The highest BCUT2D eigenvalue weighted by molar-refractivity contribution is 5.66. The number of carbonyl (C=O) groups excluding carboxylic acids is 1. The Bertz CT molecular complexity index is 248. The SMILES string of the molecule is COC(=O)NCc1[c]nccc1. The Labute approximate surface area is 70.6 Å². The molecule has 0 aromatic carbocycles. The fraction of sp³-hybridized carbons (Fsp3) is 0.250. The second-order valence-electron chi connectivity index (χ2n) is 2.12. The summed E-state index contributed by atoms with van der Waals surface area (Å²) in [6, 6.07) is 3.60. The Hall–Kier alpha value is -1.58. The van der Waals surface area contributed by atoms with Crippen molar-refractivity contribution in [2.75, 3.05) is 7.11 Å². The molecule has 1 radical (unpaired) electrons. The van der Waals surface area contributed by atoms with Crippen molar-refractivity contribution in [2.24, 2.45) is 0 Å². The van der Waals surface area contributed by atoms with Crippen molar-refractivity contribution >= 4 is 6.09 Å². The number of hydrogen-bond acceptors (Lipinski definition) is 3. The molecule has 0 aliphatic carbocycles. The van der Waals surface area contributed by atoms with Gasteiger partial charge in [0.25, 0.3) is 0 Å². The van der Waals surface area contributed by atoms with Crippen molar-refractivity contribution in [3.8, 4) is 0 Å². The van der Waals surface area contributed by atoms with Crippen LogP contribution in [0.3, 0.4) is 0 Å². The van der Waals surface area contributed by atoms with Gasteiger partial charge in [0, 0.05) is 12.7 Å². The van der Waals surface area contributed by atoms with Crippen LogP contribution in [0, 0.1) is 6.20 Å². The number of hydrogen-bond donors (Lipinski definition) is 1. The van der Waals surface area contributed by atoms with Crippen LogP contribution in [0.5, 0.6) is 0 Å². The van der Waals surface area contributed by atoms with E-state index in [1.54, 1.807) is 12.3 Å². The summed E-state index contributed by atoms with van der Waals surface area (Å²) in [4.78, 5) is 14.4. The van der Waals surface area contributed by atoms with E-state index in [9.17, 15) is 4.79 Å². The molecule has 0 aliphatic heterocycles. The summed E-state index contributed by atoms with van der Waals surface area (Å²) in [5.74, 6) is 0. The number of amides is 1. The Kier molecular flexibility index (Phi) is 3.07. The zero-order valence-corrected chi connectivity index (χ0v) is 6.70. The number of alkyl carbamates (subject to hydrolysis) is 1. The lowest BCUT2D eigenvalue weighted by molar-refractivity contribution is 0.170. The second kappa shape index (κ2) is 4.33. The van der Waals surface area contributed by atoms with Gasteiger partial charge in [0.1, 0.15) is 0 Å². The van der Waals surface area contributed by atoms with Crippen LogP contribution in [0.1, 0.15) is 5.56 Å². The first kappa shape index (κ1) is 8.52. The van der Waals surface area contributed by atoms with E-state index in [0.29, 0.717) is 6.54 Å². The molecule has 1 aromatic heterocycles. The van der Waals surface area contributed by atoms with Crippen LogP contribution in [0.25, 0.3) is 0 Å². The lowest BCUT2D eigenvalue weighted by atomic mass is 10.3. The molecule has 0 saturated heterocycles. The Balaban J connectivity index is 2.38. The lowest BCUT2D eigenvalue weighted by Gasteiger charge is -2.01. The fourth-order valence-electron chi connectivity index (χ4n) is 0.698. The van der Waals surface area contributed by atoms with Crippen molar-refractivity contribution in [1.82, 2.24) is 10.3 Å². The molecular weight excluding hydrogens is 156 g/mol. The van der Waals surface area contributed by atoms with Gasteiger partial charge in [-0.3, -0.25) is 4.98 Å². The molecule has 4 nitrogen and oxygen atoms in total. The molecule has 63 valence electrons. The summed E-state index contributed by atoms with van der Waals surface area (Å²) in [6.07, 6.45) is 3.90. The van der Waals surface area contributed by atoms with Crippen LogP contribution >= 0.6 is 0 Å². The van der Waals surface area contributed by atoms with Crippen LogP contribution in [0.2, 0.25) is 0 Å². The van der Waals surface area contributed by atoms with Crippen LogP contribution < -0.4 is 5.32 Å². The molecule has 0 fully saturated rings. The minimum Gasteiger partial charge on any atom is -0.453 e. The minimum atomic E-state index is -0.452. The number of ether oxygens (including phenoxy) is 1. The lowest BCUT2D eigenvalue weighted by Crippen LogP contribution is -2.22. The summed E-state index contributed by atoms with van der Waals surface area (Å²) >= 11 is 0. The van der Waals surface area contributed by atoms with Gasteiger partial charge in [-0.1, -0.05) is 6.07 Å². The fourth-order valence-corrected chi connectivity index (χ4v) is 0.698. The van der Waals surface area contributed by atoms with E-state index >= 15 is 0 Å². The van der Waals surface area contributed by atoms with Gasteiger partial charge in [-0.25, -0.2) is 4.79 Å². The number of nitrogens with zero attached hydrogens (tertiary/aromatic N) is 1. The van der Waals surface area contributed by atoms with Crippen LogP contribution in [0.15, 0.2) is 18.3 Å². The molecule has 1 rings (SSSR count). The number of methoxy groups -OCH3 is 1. The summed E-state index contributed by atoms with van der Waals surface area (Å²) < 4.78 is 4.39. The van der Waals surface area contributed by atoms with Crippen LogP contribution in [0.4, 0.5) is 4.79 Å². The van der Waals surface area contributed by atoms with Crippen molar-refractivity contribution in [2.45, 2.75) is 6.54 Å². The first-order valence-electron chi connectivity index (χ1n) is 3.46. The highest BCUT2D eigenvalue weighted by Gasteiger charge is 1.97. The third-order valence-electron chi connectivity index (χ3n) is 1.27. The standard InChI is InChI=1S/C8H9N2O2/c1-12-8(11)10-6-7-3-2-4-9-5-7/h2-4H,6H2,1H3,(H,10,11). The van der Waals surface area contributed by atoms with Gasteiger partial charge in [-0.05, 0) is 11.6 Å². The van der Waals surface area contributed by atoms with E-state index in [2.05, 4.69) is 21.2 Å². The van der Waals surface area contributed by atoms with Gasteiger partial charge in [0.2, 0.25) is 0 Å². The molecule has 0 unspecified atom stereocenters. The summed E-state index contributed by atoms with van der Waals surface area (Å²) in [7, 11) is 1.32. The van der Waals surface area contributed by atoms with Gasteiger partial charge >= 0.3 is 6.09 Å². The highest BCUT2D eigenvalue weighted by Crippen LogP contribution is 1.92. The van der Waals surface area contributed by atoms with E-state index in [4.69, 9.17) is 0 Å². The Morgan fingerprint density at radius 1 is 1.83 bits per heavy atom. The molecule has 0 atom stereocenters. The predicted molar refractivity (Wildman–Crippen MR) is 42.3 cm³/mol. The summed E-state index contributed by atoms with van der Waals surface area (Å²) in [5, 5.41) is 2.52. The maximum absolute atomic E-state index is 10.6. The first-order chi connectivity index (χ1) is 5.83. The predicted octanol–water partition coefficient (Wildman–Crippen LogP) is 0.738. The van der Waals surface area contributed by atoms with Crippen LogP contribution in [-0.2, 0) is 11.3 Å². The molecule has 0 spiro atoms. The van der Waals surface area contributed by atoms with Gasteiger partial charge < -0.3 is 10.1 Å². The van der Waals surface area contributed by atoms with Crippen molar-refractivity contribution in [3.05, 3.63) is 30.1 Å². The first-order valence-corrected chi connectivity index (χ1v) is 3.46. The third kappa shape index (κ3) is 2.57. The topological polar surface area (TPSA) is 51.2 Å². The molecular formula is C8H9N2O2. The minimum absolute atomic E-state index is 0.389. The largest absolute Gasteiger partial charge is 0.453 e. The van der Waals surface area contributed by atoms with Crippen LogP contribution in [-0.4, -0.2) is 18.2 Å². The number of aromatic nitrogens is 1.